The van der Waals surface area contributed by atoms with E-state index in [1.54, 1.807) is 0 Å². The first-order valence-electron chi connectivity index (χ1n) is 4.66. The van der Waals surface area contributed by atoms with Gasteiger partial charge in [0.25, 0.3) is 5.91 Å². The highest BCUT2D eigenvalue weighted by Crippen LogP contribution is 2.13. The molecule has 0 radical (unpaired) electrons. The summed E-state index contributed by atoms with van der Waals surface area (Å²) in [5, 5.41) is 52.8. The maximum absolute atomic E-state index is 10.7. The van der Waals surface area contributed by atoms with E-state index in [2.05, 4.69) is 0 Å². The van der Waals surface area contributed by atoms with Crippen molar-refractivity contribution in [2.75, 3.05) is 0 Å². The minimum Gasteiger partial charge on any atom is -0.481 e. The summed E-state index contributed by atoms with van der Waals surface area (Å²) in [4.78, 5) is 31.7. The van der Waals surface area contributed by atoms with E-state index in [1.807, 2.05) is 0 Å². The molecular formula is C8H13NO9. The molecule has 0 aromatic heterocycles. The molecule has 7 N–H and O–H groups in total. The molecule has 0 saturated heterocycles. The lowest BCUT2D eigenvalue weighted by atomic mass is 9.96. The van der Waals surface area contributed by atoms with Crippen LogP contribution in [0.3, 0.4) is 0 Å². The molecule has 0 bridgehead atoms. The van der Waals surface area contributed by atoms with E-state index in [1.165, 1.54) is 0 Å². The molecule has 104 valence electrons. The van der Waals surface area contributed by atoms with Crippen LogP contribution in [-0.2, 0) is 14.4 Å². The number of rotatable bonds is 7. The zero-order valence-corrected chi connectivity index (χ0v) is 8.92. The van der Waals surface area contributed by atoms with Gasteiger partial charge >= 0.3 is 11.9 Å². The largest absolute Gasteiger partial charge is 0.481 e. The van der Waals surface area contributed by atoms with Gasteiger partial charge in [-0.2, -0.15) is 0 Å². The number of aliphatic hydroxyl groups excluding tert-OH is 3. The van der Waals surface area contributed by atoms with E-state index >= 15 is 0 Å². The molecule has 0 aliphatic rings. The molecule has 3 unspecified atom stereocenters. The van der Waals surface area contributed by atoms with Crippen LogP contribution in [0.2, 0.25) is 0 Å². The van der Waals surface area contributed by atoms with Gasteiger partial charge in [-0.05, 0) is 6.42 Å². The average molecular weight is 267 g/mol. The van der Waals surface area contributed by atoms with E-state index in [0.717, 1.165) is 5.48 Å². The second-order valence-corrected chi connectivity index (χ2v) is 3.44. The standard InChI is InChI=1S/C8H13NO9/c10-3(1-2(7(14)15)8(16)17)4(11)5(12)6(13)9-18/h2-5,10-12,18H,1H2,(H,9,13)(H,14,15)(H,16,17). The summed E-state index contributed by atoms with van der Waals surface area (Å²) in [7, 11) is 0. The Morgan fingerprint density at radius 1 is 1.00 bits per heavy atom. The summed E-state index contributed by atoms with van der Waals surface area (Å²) in [6.07, 6.45) is -7.26. The summed E-state index contributed by atoms with van der Waals surface area (Å²) in [5.41, 5.74) is 1.01. The van der Waals surface area contributed by atoms with Crippen LogP contribution in [0, 0.1) is 5.92 Å². The summed E-state index contributed by atoms with van der Waals surface area (Å²) in [5.74, 6) is -6.91. The third-order valence-electron chi connectivity index (χ3n) is 2.17. The minimum atomic E-state index is -2.23. The number of aliphatic hydroxyl groups is 3. The summed E-state index contributed by atoms with van der Waals surface area (Å²) < 4.78 is 0. The number of hydrogen-bond acceptors (Lipinski definition) is 7. The number of carbonyl (C=O) groups is 3. The molecular weight excluding hydrogens is 254 g/mol. The minimum absolute atomic E-state index is 0.915. The fraction of sp³-hybridized carbons (Fsp3) is 0.625. The van der Waals surface area contributed by atoms with Crippen LogP contribution in [0.25, 0.3) is 0 Å². The van der Waals surface area contributed by atoms with E-state index in [9.17, 15) is 24.6 Å². The lowest BCUT2D eigenvalue weighted by molar-refractivity contribution is -0.159. The van der Waals surface area contributed by atoms with Crippen LogP contribution in [0.1, 0.15) is 6.42 Å². The smallest absolute Gasteiger partial charge is 0.317 e. The Bertz CT molecular complexity index is 317. The van der Waals surface area contributed by atoms with Crippen molar-refractivity contribution in [3.63, 3.8) is 0 Å². The molecule has 10 nitrogen and oxygen atoms in total. The van der Waals surface area contributed by atoms with Crippen LogP contribution in [0.4, 0.5) is 0 Å². The molecule has 0 rings (SSSR count). The van der Waals surface area contributed by atoms with Gasteiger partial charge < -0.3 is 25.5 Å². The molecule has 0 spiro atoms. The second-order valence-electron chi connectivity index (χ2n) is 3.44. The van der Waals surface area contributed by atoms with Crippen LogP contribution in [-0.4, -0.2) is 66.9 Å². The van der Waals surface area contributed by atoms with E-state index in [4.69, 9.17) is 20.5 Å². The highest BCUT2D eigenvalue weighted by Gasteiger charge is 2.36. The monoisotopic (exact) mass is 267 g/mol. The maximum atomic E-state index is 10.7. The third-order valence-corrected chi connectivity index (χ3v) is 2.17. The first kappa shape index (κ1) is 16.2. The number of carboxylic acids is 2. The number of carbonyl (C=O) groups excluding carboxylic acids is 1. The van der Waals surface area contributed by atoms with Gasteiger partial charge in [-0.3, -0.25) is 19.6 Å². The Balaban J connectivity index is 4.64. The first-order chi connectivity index (χ1) is 8.22. The zero-order valence-electron chi connectivity index (χ0n) is 8.92. The molecule has 0 aromatic rings. The number of aliphatic carboxylic acids is 2. The number of amides is 1. The first-order valence-corrected chi connectivity index (χ1v) is 4.66. The number of hydroxylamine groups is 1. The van der Waals surface area contributed by atoms with E-state index in [-0.39, 0.29) is 0 Å². The Morgan fingerprint density at radius 2 is 1.44 bits per heavy atom. The lowest BCUT2D eigenvalue weighted by Gasteiger charge is -2.22. The summed E-state index contributed by atoms with van der Waals surface area (Å²) in [6, 6.07) is 0. The Hall–Kier alpha value is -1.75. The average Bonchev–Trinajstić information content (AvgIpc) is 2.31. The van der Waals surface area contributed by atoms with Gasteiger partial charge in [0, 0.05) is 0 Å². The molecule has 10 heteroatoms. The normalized spacial score (nSPS) is 15.8. The zero-order chi connectivity index (χ0) is 14.5. The molecule has 0 aliphatic carbocycles. The second kappa shape index (κ2) is 6.86. The van der Waals surface area contributed by atoms with Gasteiger partial charge in [0.2, 0.25) is 0 Å². The van der Waals surface area contributed by atoms with Crippen LogP contribution >= 0.6 is 0 Å². The molecule has 0 fully saturated rings. The highest BCUT2D eigenvalue weighted by atomic mass is 16.5. The predicted molar refractivity (Wildman–Crippen MR) is 51.3 cm³/mol. The number of hydrogen-bond donors (Lipinski definition) is 7. The van der Waals surface area contributed by atoms with Crippen molar-refractivity contribution >= 4 is 17.8 Å². The molecule has 0 heterocycles. The summed E-state index contributed by atoms with van der Waals surface area (Å²) in [6.45, 7) is 0. The van der Waals surface area contributed by atoms with Gasteiger partial charge in [-0.15, -0.1) is 0 Å². The third kappa shape index (κ3) is 4.25. The molecule has 0 aromatic carbocycles. The SMILES string of the molecule is O=C(O)C(CC(O)C(O)C(O)C(=O)NO)C(=O)O. The van der Waals surface area contributed by atoms with Crippen molar-refractivity contribution in [2.45, 2.75) is 24.7 Å². The number of nitrogens with one attached hydrogen (secondary N) is 1. The van der Waals surface area contributed by atoms with Crippen molar-refractivity contribution in [3.05, 3.63) is 0 Å². The van der Waals surface area contributed by atoms with Crippen molar-refractivity contribution in [2.24, 2.45) is 5.92 Å². The lowest BCUT2D eigenvalue weighted by Crippen LogP contribution is -2.47. The Morgan fingerprint density at radius 3 is 1.78 bits per heavy atom. The van der Waals surface area contributed by atoms with Crippen LogP contribution in [0.15, 0.2) is 0 Å². The van der Waals surface area contributed by atoms with Crippen molar-refractivity contribution in [3.8, 4) is 0 Å². The van der Waals surface area contributed by atoms with Crippen LogP contribution < -0.4 is 5.48 Å². The Kier molecular flexibility index (Phi) is 6.19. The quantitative estimate of drug-likeness (QED) is 0.141. The van der Waals surface area contributed by atoms with Crippen LogP contribution in [0.5, 0.6) is 0 Å². The van der Waals surface area contributed by atoms with Crippen molar-refractivity contribution in [1.82, 2.24) is 5.48 Å². The summed E-state index contributed by atoms with van der Waals surface area (Å²) >= 11 is 0. The molecule has 0 saturated carbocycles. The van der Waals surface area contributed by atoms with Gasteiger partial charge in [0.05, 0.1) is 6.10 Å². The maximum Gasteiger partial charge on any atom is 0.317 e. The predicted octanol–water partition coefficient (Wildman–Crippen LogP) is -3.25. The molecule has 0 aliphatic heterocycles. The fourth-order valence-electron chi connectivity index (χ4n) is 1.12. The van der Waals surface area contributed by atoms with Crippen molar-refractivity contribution in [1.29, 1.82) is 0 Å². The Labute approximate surface area is 100 Å². The van der Waals surface area contributed by atoms with Gasteiger partial charge in [-0.25, -0.2) is 5.48 Å². The van der Waals surface area contributed by atoms with E-state index < -0.39 is 48.5 Å². The molecule has 1 amide bonds. The van der Waals surface area contributed by atoms with Crippen molar-refractivity contribution < 1.29 is 45.1 Å². The highest BCUT2D eigenvalue weighted by molar-refractivity contribution is 5.92. The topological polar surface area (TPSA) is 185 Å². The van der Waals surface area contributed by atoms with Gasteiger partial charge in [0.15, 0.2) is 12.0 Å². The van der Waals surface area contributed by atoms with Gasteiger partial charge in [0.1, 0.15) is 6.10 Å². The molecule has 3 atom stereocenters. The molecule has 18 heavy (non-hydrogen) atoms. The number of carboxylic acid groups (broad SMARTS) is 2. The fourth-order valence-corrected chi connectivity index (χ4v) is 1.12. The van der Waals surface area contributed by atoms with Gasteiger partial charge in [-0.1, -0.05) is 0 Å². The van der Waals surface area contributed by atoms with E-state index in [0.29, 0.717) is 0 Å².